The Kier molecular flexibility index (Phi) is 3.10. The number of nitrogens with zero attached hydrogens (tertiary/aromatic N) is 1. The third-order valence-corrected chi connectivity index (χ3v) is 2.10. The van der Waals surface area contributed by atoms with E-state index < -0.39 is 33.9 Å². The normalized spacial score (nSPS) is 10.9. The second kappa shape index (κ2) is 4.02. The molecule has 0 atom stereocenters. The van der Waals surface area contributed by atoms with Crippen molar-refractivity contribution in [2.24, 2.45) is 0 Å². The van der Waals surface area contributed by atoms with Crippen molar-refractivity contribution >= 4 is 17.6 Å². The predicted octanol–water partition coefficient (Wildman–Crippen LogP) is 2.93. The number of halogens is 4. The fourth-order valence-electron chi connectivity index (χ4n) is 1.14. The highest BCUT2D eigenvalue weighted by atomic mass is 35.5. The summed E-state index contributed by atoms with van der Waals surface area (Å²) < 4.78 is 37.3. The van der Waals surface area contributed by atoms with E-state index in [1.54, 1.807) is 0 Å². The first-order valence-electron chi connectivity index (χ1n) is 3.82. The van der Waals surface area contributed by atoms with Crippen LogP contribution in [0.15, 0.2) is 12.1 Å². The highest BCUT2D eigenvalue weighted by molar-refractivity contribution is 6.33. The van der Waals surface area contributed by atoms with Crippen molar-refractivity contribution < 1.29 is 23.1 Å². The van der Waals surface area contributed by atoms with Crippen LogP contribution in [0, 0.1) is 11.3 Å². The van der Waals surface area contributed by atoms with Gasteiger partial charge in [-0.25, -0.2) is 4.79 Å². The maximum Gasteiger partial charge on any atom is 0.417 e. The van der Waals surface area contributed by atoms with Crippen molar-refractivity contribution in [2.75, 3.05) is 0 Å². The quantitative estimate of drug-likeness (QED) is 0.832. The van der Waals surface area contributed by atoms with Gasteiger partial charge in [0.25, 0.3) is 0 Å². The molecule has 0 aliphatic heterocycles. The Bertz CT molecular complexity index is 491. The molecule has 0 saturated carbocycles. The van der Waals surface area contributed by atoms with Gasteiger partial charge in [-0.2, -0.15) is 18.4 Å². The van der Waals surface area contributed by atoms with Gasteiger partial charge < -0.3 is 5.11 Å². The number of alkyl halides is 3. The molecule has 0 amide bonds. The monoisotopic (exact) mass is 249 g/mol. The molecule has 1 N–H and O–H groups in total. The third kappa shape index (κ3) is 2.09. The van der Waals surface area contributed by atoms with Gasteiger partial charge >= 0.3 is 12.1 Å². The summed E-state index contributed by atoms with van der Waals surface area (Å²) >= 11 is 5.43. The molecule has 7 heteroatoms. The maximum absolute atomic E-state index is 12.4. The average molecular weight is 250 g/mol. The topological polar surface area (TPSA) is 61.1 Å². The zero-order chi connectivity index (χ0) is 12.5. The van der Waals surface area contributed by atoms with Crippen LogP contribution < -0.4 is 0 Å². The van der Waals surface area contributed by atoms with Gasteiger partial charge in [-0.15, -0.1) is 0 Å². The van der Waals surface area contributed by atoms with Gasteiger partial charge in [-0.1, -0.05) is 11.6 Å². The summed E-state index contributed by atoms with van der Waals surface area (Å²) in [5.41, 5.74) is -3.12. The van der Waals surface area contributed by atoms with Crippen molar-refractivity contribution in [3.63, 3.8) is 0 Å². The zero-order valence-corrected chi connectivity index (χ0v) is 8.23. The van der Waals surface area contributed by atoms with E-state index in [4.69, 9.17) is 22.0 Å². The fraction of sp³-hybridized carbons (Fsp3) is 0.111. The molecule has 0 bridgehead atoms. The molecule has 0 aromatic heterocycles. The van der Waals surface area contributed by atoms with Crippen LogP contribution in [0.2, 0.25) is 5.02 Å². The van der Waals surface area contributed by atoms with Crippen molar-refractivity contribution in [3.05, 3.63) is 33.8 Å². The van der Waals surface area contributed by atoms with Crippen molar-refractivity contribution in [1.29, 1.82) is 5.26 Å². The number of carboxylic acid groups (broad SMARTS) is 1. The fourth-order valence-corrected chi connectivity index (χ4v) is 1.38. The van der Waals surface area contributed by atoms with Crippen LogP contribution in [-0.4, -0.2) is 11.1 Å². The van der Waals surface area contributed by atoms with Gasteiger partial charge in [-0.05, 0) is 12.1 Å². The maximum atomic E-state index is 12.4. The lowest BCUT2D eigenvalue weighted by Gasteiger charge is -2.11. The molecule has 3 nitrogen and oxygen atoms in total. The van der Waals surface area contributed by atoms with E-state index in [1.807, 2.05) is 0 Å². The molecule has 1 aromatic carbocycles. The largest absolute Gasteiger partial charge is 0.478 e. The van der Waals surface area contributed by atoms with Crippen LogP contribution in [-0.2, 0) is 6.18 Å². The molecule has 0 aliphatic carbocycles. The van der Waals surface area contributed by atoms with E-state index in [2.05, 4.69) is 0 Å². The third-order valence-electron chi connectivity index (χ3n) is 1.79. The highest BCUT2D eigenvalue weighted by Gasteiger charge is 2.36. The Balaban J connectivity index is 3.64. The minimum absolute atomic E-state index is 0.406. The first-order valence-corrected chi connectivity index (χ1v) is 4.20. The first-order chi connectivity index (χ1) is 7.29. The van der Waals surface area contributed by atoms with Crippen molar-refractivity contribution in [1.82, 2.24) is 0 Å². The van der Waals surface area contributed by atoms with E-state index >= 15 is 0 Å². The second-order valence-corrected chi connectivity index (χ2v) is 3.17. The van der Waals surface area contributed by atoms with E-state index in [-0.39, 0.29) is 0 Å². The lowest BCUT2D eigenvalue weighted by Crippen LogP contribution is -2.12. The zero-order valence-electron chi connectivity index (χ0n) is 7.47. The summed E-state index contributed by atoms with van der Waals surface area (Å²) in [7, 11) is 0. The van der Waals surface area contributed by atoms with Crippen LogP contribution in [0.1, 0.15) is 21.5 Å². The number of benzene rings is 1. The second-order valence-electron chi connectivity index (χ2n) is 2.76. The molecule has 0 unspecified atom stereocenters. The Morgan fingerprint density at radius 3 is 2.38 bits per heavy atom. The van der Waals surface area contributed by atoms with Gasteiger partial charge in [0.1, 0.15) is 6.07 Å². The summed E-state index contributed by atoms with van der Waals surface area (Å²) in [6, 6.07) is 2.58. The van der Waals surface area contributed by atoms with Crippen molar-refractivity contribution in [3.8, 4) is 6.07 Å². The smallest absolute Gasteiger partial charge is 0.417 e. The molecule has 0 heterocycles. The highest BCUT2D eigenvalue weighted by Crippen LogP contribution is 2.35. The van der Waals surface area contributed by atoms with Crippen LogP contribution in [0.4, 0.5) is 13.2 Å². The lowest BCUT2D eigenvalue weighted by molar-refractivity contribution is -0.137. The van der Waals surface area contributed by atoms with Crippen LogP contribution in [0.5, 0.6) is 0 Å². The summed E-state index contributed by atoms with van der Waals surface area (Å²) in [5.74, 6) is -1.67. The van der Waals surface area contributed by atoms with Crippen LogP contribution in [0.25, 0.3) is 0 Å². The number of aromatic carboxylic acids is 1. The summed E-state index contributed by atoms with van der Waals surface area (Å²) in [4.78, 5) is 10.7. The molecule has 16 heavy (non-hydrogen) atoms. The molecule has 0 aliphatic rings. The average Bonchev–Trinajstić information content (AvgIpc) is 2.14. The van der Waals surface area contributed by atoms with Crippen LogP contribution >= 0.6 is 11.6 Å². The Hall–Kier alpha value is -1.74. The minimum atomic E-state index is -4.79. The molecular weight excluding hydrogens is 247 g/mol. The standard InChI is InChI=1S/C9H3ClF3NO2/c10-6-2-1-5(9(11,12)13)4(3-14)7(6)8(15)16/h1-2H,(H,15,16). The molecule has 0 fully saturated rings. The Morgan fingerprint density at radius 1 is 1.44 bits per heavy atom. The molecule has 0 saturated heterocycles. The number of carbonyl (C=O) groups is 1. The number of carboxylic acids is 1. The number of rotatable bonds is 1. The van der Waals surface area contributed by atoms with Gasteiger partial charge in [0.15, 0.2) is 0 Å². The summed E-state index contributed by atoms with van der Waals surface area (Å²) in [6.45, 7) is 0. The summed E-state index contributed by atoms with van der Waals surface area (Å²) in [6.07, 6.45) is -4.79. The Morgan fingerprint density at radius 2 is 2.00 bits per heavy atom. The van der Waals surface area contributed by atoms with E-state index in [0.29, 0.717) is 6.07 Å². The van der Waals surface area contributed by atoms with Gasteiger partial charge in [0, 0.05) is 0 Å². The van der Waals surface area contributed by atoms with E-state index in [9.17, 15) is 18.0 Å². The lowest BCUT2D eigenvalue weighted by atomic mass is 10.0. The van der Waals surface area contributed by atoms with Gasteiger partial charge in [0.2, 0.25) is 0 Å². The Labute approximate surface area is 92.7 Å². The SMILES string of the molecule is N#Cc1c(C(F)(F)F)ccc(Cl)c1C(=O)O. The minimum Gasteiger partial charge on any atom is -0.478 e. The van der Waals surface area contributed by atoms with E-state index in [0.717, 1.165) is 6.07 Å². The van der Waals surface area contributed by atoms with Gasteiger partial charge in [-0.3, -0.25) is 0 Å². The first kappa shape index (κ1) is 12.3. The molecule has 0 radical (unpaired) electrons. The molecule has 1 aromatic rings. The molecule has 0 spiro atoms. The van der Waals surface area contributed by atoms with Gasteiger partial charge in [0.05, 0.1) is 21.7 Å². The molecule has 1 rings (SSSR count). The molecular formula is C9H3ClF3NO2. The van der Waals surface area contributed by atoms with Crippen molar-refractivity contribution in [2.45, 2.75) is 6.18 Å². The van der Waals surface area contributed by atoms with Crippen LogP contribution in [0.3, 0.4) is 0 Å². The molecule has 84 valence electrons. The number of nitriles is 1. The number of hydrogen-bond acceptors (Lipinski definition) is 2. The predicted molar refractivity (Wildman–Crippen MR) is 48.1 cm³/mol. The van der Waals surface area contributed by atoms with E-state index in [1.165, 1.54) is 6.07 Å². The summed E-state index contributed by atoms with van der Waals surface area (Å²) in [5, 5.41) is 16.8. The number of hydrogen-bond donors (Lipinski definition) is 1.